The van der Waals surface area contributed by atoms with Gasteiger partial charge >= 0.3 is 12.1 Å². The van der Waals surface area contributed by atoms with E-state index in [1.165, 1.54) is 18.3 Å². The number of rotatable bonds is 7. The quantitative estimate of drug-likeness (QED) is 0.672. The molecule has 154 valence electrons. The van der Waals surface area contributed by atoms with Gasteiger partial charge in [-0.15, -0.1) is 0 Å². The lowest BCUT2D eigenvalue weighted by atomic mass is 10.2. The lowest BCUT2D eigenvalue weighted by molar-refractivity contribution is -0.142. The van der Waals surface area contributed by atoms with Crippen LogP contribution < -0.4 is 4.31 Å². The molecule has 0 aliphatic heterocycles. The molecule has 0 spiro atoms. The molecule has 2 rings (SSSR count). The Balaban J connectivity index is 2.22. The van der Waals surface area contributed by atoms with Crippen LogP contribution in [0, 0.1) is 0 Å². The van der Waals surface area contributed by atoms with Gasteiger partial charge in [-0.2, -0.15) is 0 Å². The number of hydrogen-bond acceptors (Lipinski definition) is 7. The molecule has 0 aliphatic rings. The predicted octanol–water partition coefficient (Wildman–Crippen LogP) is 2.61. The van der Waals surface area contributed by atoms with Gasteiger partial charge in [0.05, 0.1) is 16.8 Å². The number of nitrogens with zero attached hydrogens (tertiary/aromatic N) is 3. The van der Waals surface area contributed by atoms with Gasteiger partial charge in [-0.1, -0.05) is 23.5 Å². The molecule has 0 radical (unpaired) electrons. The van der Waals surface area contributed by atoms with Crippen LogP contribution in [0.1, 0.15) is 27.7 Å². The van der Waals surface area contributed by atoms with Crippen molar-refractivity contribution in [3.63, 3.8) is 0 Å². The minimum atomic E-state index is -2.65. The van der Waals surface area contributed by atoms with Crippen LogP contribution in [0.15, 0.2) is 24.3 Å². The van der Waals surface area contributed by atoms with Gasteiger partial charge in [0, 0.05) is 17.8 Å². The highest BCUT2D eigenvalue weighted by Crippen LogP contribution is 2.29. The van der Waals surface area contributed by atoms with Crippen molar-refractivity contribution in [2.75, 3.05) is 17.4 Å². The fraction of sp³-hybridized carbons (Fsp3) is 0.471. The summed E-state index contributed by atoms with van der Waals surface area (Å²) in [6.07, 6.45) is -0.830. The second-order valence-corrected chi connectivity index (χ2v) is 8.86. The number of carbonyl (C=O) groups excluding carboxylic acids is 1. The number of thiazole rings is 1. The van der Waals surface area contributed by atoms with Crippen LogP contribution in [-0.4, -0.2) is 60.5 Å². The van der Waals surface area contributed by atoms with Crippen molar-refractivity contribution in [2.45, 2.75) is 39.3 Å². The van der Waals surface area contributed by atoms with Crippen molar-refractivity contribution in [3.05, 3.63) is 24.3 Å². The molecule has 0 fully saturated rings. The van der Waals surface area contributed by atoms with Crippen LogP contribution in [0.3, 0.4) is 0 Å². The summed E-state index contributed by atoms with van der Waals surface area (Å²) in [4.78, 5) is 29.1. The molecule has 0 saturated heterocycles. The van der Waals surface area contributed by atoms with Crippen LogP contribution >= 0.6 is 11.3 Å². The zero-order valence-corrected chi connectivity index (χ0v) is 17.6. The Morgan fingerprint density at radius 2 is 1.96 bits per heavy atom. The number of carbonyl (C=O) groups is 2. The molecule has 1 N–H and O–H groups in total. The van der Waals surface area contributed by atoms with Gasteiger partial charge in [0.15, 0.2) is 5.13 Å². The largest absolute Gasteiger partial charge is 0.755 e. The molecule has 1 heterocycles. The molecule has 11 heteroatoms. The second kappa shape index (κ2) is 8.84. The van der Waals surface area contributed by atoms with Gasteiger partial charge in [-0.05, 0) is 39.8 Å². The third-order valence-electron chi connectivity index (χ3n) is 3.67. The van der Waals surface area contributed by atoms with E-state index < -0.39 is 35.0 Å². The summed E-state index contributed by atoms with van der Waals surface area (Å²) in [5.41, 5.74) is -0.164. The average molecular weight is 429 g/mol. The first-order chi connectivity index (χ1) is 13.0. The summed E-state index contributed by atoms with van der Waals surface area (Å²) in [5.74, 6) is -1.22. The van der Waals surface area contributed by atoms with Crippen molar-refractivity contribution >= 4 is 50.0 Å². The first-order valence-corrected chi connectivity index (χ1v) is 10.3. The van der Waals surface area contributed by atoms with E-state index in [9.17, 15) is 23.5 Å². The number of para-hydroxylation sites is 1. The zero-order chi connectivity index (χ0) is 21.1. The lowest BCUT2D eigenvalue weighted by Crippen LogP contribution is -2.49. The minimum absolute atomic E-state index is 0.160. The number of carboxylic acid groups (broad SMARTS) is 1. The average Bonchev–Trinajstić information content (AvgIpc) is 2.99. The number of aliphatic carboxylic acids is 1. The van der Waals surface area contributed by atoms with Gasteiger partial charge in [-0.25, -0.2) is 14.6 Å². The molecule has 2 atom stereocenters. The van der Waals surface area contributed by atoms with E-state index in [1.54, 1.807) is 32.9 Å². The van der Waals surface area contributed by atoms with Gasteiger partial charge in [0.1, 0.15) is 11.6 Å². The monoisotopic (exact) mass is 428 g/mol. The Bertz CT molecular complexity index is 846. The molecular weight excluding hydrogens is 406 g/mol. The van der Waals surface area contributed by atoms with Crippen molar-refractivity contribution in [1.29, 1.82) is 0 Å². The van der Waals surface area contributed by atoms with E-state index >= 15 is 0 Å². The molecule has 1 aromatic heterocycles. The van der Waals surface area contributed by atoms with E-state index in [-0.39, 0.29) is 18.2 Å². The SMILES string of the molecule is C[C@@H](C(=O)O)N(CCN(c1nc2ccccc2s1)S(=O)[O-])C(=O)OC(C)(C)C. The maximum Gasteiger partial charge on any atom is 0.411 e. The number of hydrogen-bond donors (Lipinski definition) is 1. The maximum absolute atomic E-state index is 12.4. The molecule has 9 nitrogen and oxygen atoms in total. The highest BCUT2D eigenvalue weighted by Gasteiger charge is 2.30. The van der Waals surface area contributed by atoms with Gasteiger partial charge < -0.3 is 14.4 Å². The Hall–Kier alpha value is -2.24. The summed E-state index contributed by atoms with van der Waals surface area (Å²) in [7, 11) is 0. The number of fused-ring (bicyclic) bond motifs is 1. The number of carboxylic acids is 1. The lowest BCUT2D eigenvalue weighted by Gasteiger charge is -2.32. The third-order valence-corrected chi connectivity index (χ3v) is 5.56. The van der Waals surface area contributed by atoms with Crippen molar-refractivity contribution in [3.8, 4) is 0 Å². The summed E-state index contributed by atoms with van der Waals surface area (Å²) < 4.78 is 30.5. The fourth-order valence-electron chi connectivity index (χ4n) is 2.30. The van der Waals surface area contributed by atoms with Gasteiger partial charge in [-0.3, -0.25) is 13.4 Å². The van der Waals surface area contributed by atoms with Crippen LogP contribution in [0.4, 0.5) is 9.93 Å². The number of amides is 1. The molecule has 2 aromatic rings. The highest BCUT2D eigenvalue weighted by atomic mass is 32.2. The first kappa shape index (κ1) is 22.1. The predicted molar refractivity (Wildman–Crippen MR) is 106 cm³/mol. The normalized spacial score (nSPS) is 13.8. The summed E-state index contributed by atoms with van der Waals surface area (Å²) in [5, 5.41) is 9.53. The van der Waals surface area contributed by atoms with Crippen LogP contribution in [-0.2, 0) is 20.8 Å². The number of anilines is 1. The van der Waals surface area contributed by atoms with Crippen LogP contribution in [0.2, 0.25) is 0 Å². The number of aromatic nitrogens is 1. The first-order valence-electron chi connectivity index (χ1n) is 8.44. The van der Waals surface area contributed by atoms with Crippen LogP contribution in [0.25, 0.3) is 10.2 Å². The summed E-state index contributed by atoms with van der Waals surface area (Å²) in [6, 6.07) is 6.01. The zero-order valence-electron chi connectivity index (χ0n) is 15.9. The third kappa shape index (κ3) is 5.63. The Kier molecular flexibility index (Phi) is 6.96. The maximum atomic E-state index is 12.4. The van der Waals surface area contributed by atoms with E-state index in [0.717, 1.165) is 13.9 Å². The van der Waals surface area contributed by atoms with Crippen molar-refractivity contribution in [2.24, 2.45) is 0 Å². The Morgan fingerprint density at radius 1 is 1.32 bits per heavy atom. The Labute approximate surface area is 169 Å². The van der Waals surface area contributed by atoms with E-state index in [1.807, 2.05) is 12.1 Å². The fourth-order valence-corrected chi connectivity index (χ4v) is 3.89. The van der Waals surface area contributed by atoms with Crippen molar-refractivity contribution in [1.82, 2.24) is 9.88 Å². The molecule has 28 heavy (non-hydrogen) atoms. The molecule has 0 bridgehead atoms. The van der Waals surface area contributed by atoms with Gasteiger partial charge in [0.2, 0.25) is 0 Å². The van der Waals surface area contributed by atoms with E-state index in [4.69, 9.17) is 4.74 Å². The minimum Gasteiger partial charge on any atom is -0.755 e. The second-order valence-electron chi connectivity index (χ2n) is 6.97. The number of ether oxygens (including phenoxy) is 1. The molecule has 1 amide bonds. The van der Waals surface area contributed by atoms with Gasteiger partial charge in [0.25, 0.3) is 0 Å². The summed E-state index contributed by atoms with van der Waals surface area (Å²) >= 11 is -1.46. The summed E-state index contributed by atoms with van der Waals surface area (Å²) in [6.45, 7) is 5.99. The smallest absolute Gasteiger partial charge is 0.411 e. The Morgan fingerprint density at radius 3 is 2.50 bits per heavy atom. The highest BCUT2D eigenvalue weighted by molar-refractivity contribution is 7.81. The van der Waals surface area contributed by atoms with Crippen molar-refractivity contribution < 1.29 is 28.2 Å². The number of benzene rings is 1. The standard InChI is InChI=1S/C17H23N3O6S2/c1-11(14(21)22)19(16(23)26-17(2,3)4)9-10-20(28(24)25)15-18-12-7-5-6-8-13(12)27-15/h5-8,11H,9-10H2,1-4H3,(H,21,22)(H,24,25)/p-1/t11-/m0/s1. The van der Waals surface area contributed by atoms with E-state index in [0.29, 0.717) is 5.52 Å². The topological polar surface area (TPSA) is 123 Å². The van der Waals surface area contributed by atoms with Crippen LogP contribution in [0.5, 0.6) is 0 Å². The molecule has 1 aromatic carbocycles. The molecule has 0 saturated carbocycles. The molecule has 1 unspecified atom stereocenters. The molecule has 0 aliphatic carbocycles. The molecular formula is C17H22N3O6S2-. The van der Waals surface area contributed by atoms with E-state index in [2.05, 4.69) is 4.98 Å².